The van der Waals surface area contributed by atoms with Crippen LogP contribution in [-0.2, 0) is 17.6 Å². The average Bonchev–Trinajstić information content (AvgIpc) is 3.03. The van der Waals surface area contributed by atoms with Crippen molar-refractivity contribution >= 4 is 16.8 Å². The minimum atomic E-state index is -0.271. The molecule has 1 heterocycles. The van der Waals surface area contributed by atoms with E-state index in [4.69, 9.17) is 0 Å². The van der Waals surface area contributed by atoms with E-state index in [-0.39, 0.29) is 18.6 Å². The quantitative estimate of drug-likeness (QED) is 0.626. The summed E-state index contributed by atoms with van der Waals surface area (Å²) in [4.78, 5) is 15.4. The summed E-state index contributed by atoms with van der Waals surface area (Å²) in [6.45, 7) is -0.0728. The maximum absolute atomic E-state index is 12.1. The van der Waals surface area contributed by atoms with Gasteiger partial charge in [0.2, 0.25) is 5.91 Å². The van der Waals surface area contributed by atoms with Gasteiger partial charge in [-0.1, -0.05) is 48.5 Å². The van der Waals surface area contributed by atoms with E-state index in [9.17, 15) is 9.90 Å². The van der Waals surface area contributed by atoms with E-state index < -0.39 is 0 Å². The Morgan fingerprint density at radius 2 is 1.83 bits per heavy atom. The van der Waals surface area contributed by atoms with E-state index in [1.807, 2.05) is 60.8 Å². The Morgan fingerprint density at radius 3 is 2.62 bits per heavy atom. The lowest BCUT2D eigenvalue weighted by molar-refractivity contribution is -0.122. The van der Waals surface area contributed by atoms with Crippen LogP contribution in [0.25, 0.3) is 10.9 Å². The molecule has 124 valence electrons. The number of hydrogen-bond acceptors (Lipinski definition) is 2. The van der Waals surface area contributed by atoms with Gasteiger partial charge in [-0.15, -0.1) is 0 Å². The highest BCUT2D eigenvalue weighted by molar-refractivity contribution is 5.83. The van der Waals surface area contributed by atoms with Crippen molar-refractivity contribution in [2.45, 2.75) is 25.3 Å². The Labute approximate surface area is 141 Å². The predicted octanol–water partition coefficient (Wildman–Crippen LogP) is 2.82. The monoisotopic (exact) mass is 322 g/mol. The standard InChI is InChI=1S/C20H22N2O2/c23-14-17(12-16-13-21-19-9-5-4-8-18(16)19)22-20(24)11-10-15-6-2-1-3-7-15/h1-9,13,17,21,23H,10-12,14H2,(H,22,24). The van der Waals surface area contributed by atoms with Gasteiger partial charge in [0.05, 0.1) is 12.6 Å². The smallest absolute Gasteiger partial charge is 0.220 e. The zero-order chi connectivity index (χ0) is 16.8. The van der Waals surface area contributed by atoms with Crippen LogP contribution in [0, 0.1) is 0 Å². The van der Waals surface area contributed by atoms with Gasteiger partial charge < -0.3 is 15.4 Å². The Hall–Kier alpha value is -2.59. The first-order valence-electron chi connectivity index (χ1n) is 8.25. The third kappa shape index (κ3) is 4.03. The lowest BCUT2D eigenvalue weighted by atomic mass is 10.0. The van der Waals surface area contributed by atoms with E-state index in [0.29, 0.717) is 19.3 Å². The molecule has 24 heavy (non-hydrogen) atoms. The number of fused-ring (bicyclic) bond motifs is 1. The zero-order valence-corrected chi connectivity index (χ0v) is 13.5. The second-order valence-electron chi connectivity index (χ2n) is 6.00. The van der Waals surface area contributed by atoms with Crippen molar-refractivity contribution in [2.24, 2.45) is 0 Å². The lowest BCUT2D eigenvalue weighted by Crippen LogP contribution is -2.39. The lowest BCUT2D eigenvalue weighted by Gasteiger charge is -2.16. The number of aliphatic hydroxyl groups is 1. The predicted molar refractivity (Wildman–Crippen MR) is 95.8 cm³/mol. The highest BCUT2D eigenvalue weighted by Crippen LogP contribution is 2.19. The fourth-order valence-corrected chi connectivity index (χ4v) is 2.93. The van der Waals surface area contributed by atoms with E-state index in [1.165, 1.54) is 0 Å². The molecule has 0 fully saturated rings. The summed E-state index contributed by atoms with van der Waals surface area (Å²) in [7, 11) is 0. The number of H-pyrrole nitrogens is 1. The maximum atomic E-state index is 12.1. The van der Waals surface area contributed by atoms with Crippen LogP contribution in [0.2, 0.25) is 0 Å². The molecule has 0 aliphatic heterocycles. The summed E-state index contributed by atoms with van der Waals surface area (Å²) >= 11 is 0. The molecule has 3 rings (SSSR count). The number of aromatic amines is 1. The molecule has 1 unspecified atom stereocenters. The number of aliphatic hydroxyl groups excluding tert-OH is 1. The topological polar surface area (TPSA) is 65.1 Å². The van der Waals surface area contributed by atoms with Crippen molar-refractivity contribution in [2.75, 3.05) is 6.61 Å². The van der Waals surface area contributed by atoms with Crippen LogP contribution in [0.15, 0.2) is 60.8 Å². The zero-order valence-electron chi connectivity index (χ0n) is 13.5. The minimum Gasteiger partial charge on any atom is -0.394 e. The highest BCUT2D eigenvalue weighted by Gasteiger charge is 2.14. The summed E-state index contributed by atoms with van der Waals surface area (Å²) in [5.74, 6) is -0.0299. The van der Waals surface area contributed by atoms with Gasteiger partial charge in [0.15, 0.2) is 0 Å². The molecule has 0 spiro atoms. The number of para-hydroxylation sites is 1. The van der Waals surface area contributed by atoms with Gasteiger partial charge in [-0.25, -0.2) is 0 Å². The van der Waals surface area contributed by atoms with Gasteiger partial charge in [0.25, 0.3) is 0 Å². The summed E-state index contributed by atoms with van der Waals surface area (Å²) in [6, 6.07) is 17.7. The van der Waals surface area contributed by atoms with Crippen LogP contribution < -0.4 is 5.32 Å². The Balaban J connectivity index is 1.57. The molecule has 0 saturated carbocycles. The third-order valence-corrected chi connectivity index (χ3v) is 4.21. The van der Waals surface area contributed by atoms with Crippen LogP contribution in [-0.4, -0.2) is 28.6 Å². The second-order valence-corrected chi connectivity index (χ2v) is 6.00. The number of carbonyl (C=O) groups is 1. The molecule has 0 radical (unpaired) electrons. The number of carbonyl (C=O) groups excluding carboxylic acids is 1. The van der Waals surface area contributed by atoms with Crippen LogP contribution in [0.3, 0.4) is 0 Å². The number of nitrogens with one attached hydrogen (secondary N) is 2. The second kappa shape index (κ2) is 7.79. The Kier molecular flexibility index (Phi) is 5.29. The first kappa shape index (κ1) is 16.3. The first-order chi connectivity index (χ1) is 11.8. The number of hydrogen-bond donors (Lipinski definition) is 3. The van der Waals surface area contributed by atoms with Crippen molar-refractivity contribution in [1.82, 2.24) is 10.3 Å². The third-order valence-electron chi connectivity index (χ3n) is 4.21. The van der Waals surface area contributed by atoms with Crippen LogP contribution >= 0.6 is 0 Å². The first-order valence-corrected chi connectivity index (χ1v) is 8.25. The maximum Gasteiger partial charge on any atom is 0.220 e. The normalized spacial score (nSPS) is 12.2. The molecule has 4 heteroatoms. The summed E-state index contributed by atoms with van der Waals surface area (Å²) in [5, 5.41) is 13.7. The molecule has 3 N–H and O–H groups in total. The van der Waals surface area contributed by atoms with Crippen LogP contribution in [0.1, 0.15) is 17.5 Å². The number of rotatable bonds is 7. The molecule has 0 aliphatic carbocycles. The van der Waals surface area contributed by atoms with E-state index >= 15 is 0 Å². The van der Waals surface area contributed by atoms with E-state index in [2.05, 4.69) is 10.3 Å². The fraction of sp³-hybridized carbons (Fsp3) is 0.250. The number of benzene rings is 2. The molecular weight excluding hydrogens is 300 g/mol. The van der Waals surface area contributed by atoms with Gasteiger partial charge in [-0.2, -0.15) is 0 Å². The molecule has 3 aromatic rings. The van der Waals surface area contributed by atoms with Gasteiger partial charge in [-0.05, 0) is 30.0 Å². The van der Waals surface area contributed by atoms with Crippen LogP contribution in [0.4, 0.5) is 0 Å². The summed E-state index contributed by atoms with van der Waals surface area (Å²) < 4.78 is 0. The minimum absolute atomic E-state index is 0.0299. The molecule has 1 aromatic heterocycles. The number of aryl methyl sites for hydroxylation is 1. The summed E-state index contributed by atoms with van der Waals surface area (Å²) in [5.41, 5.74) is 3.32. The summed E-state index contributed by atoms with van der Waals surface area (Å²) in [6.07, 6.45) is 3.69. The van der Waals surface area contributed by atoms with Gasteiger partial charge >= 0.3 is 0 Å². The number of aromatic nitrogens is 1. The SMILES string of the molecule is O=C(CCc1ccccc1)NC(CO)Cc1c[nH]c2ccccc12. The van der Waals surface area contributed by atoms with E-state index in [0.717, 1.165) is 22.0 Å². The van der Waals surface area contributed by atoms with Crippen LogP contribution in [0.5, 0.6) is 0 Å². The Morgan fingerprint density at radius 1 is 1.08 bits per heavy atom. The molecule has 1 atom stereocenters. The molecule has 0 bridgehead atoms. The number of amides is 1. The molecule has 0 aliphatic rings. The van der Waals surface area contributed by atoms with Crippen molar-refractivity contribution in [1.29, 1.82) is 0 Å². The van der Waals surface area contributed by atoms with Crippen molar-refractivity contribution < 1.29 is 9.90 Å². The van der Waals surface area contributed by atoms with Gasteiger partial charge in [-0.3, -0.25) is 4.79 Å². The fourth-order valence-electron chi connectivity index (χ4n) is 2.93. The van der Waals surface area contributed by atoms with Crippen molar-refractivity contribution in [3.8, 4) is 0 Å². The van der Waals surface area contributed by atoms with Crippen molar-refractivity contribution in [3.63, 3.8) is 0 Å². The molecule has 2 aromatic carbocycles. The Bertz CT molecular complexity index is 796. The average molecular weight is 322 g/mol. The highest BCUT2D eigenvalue weighted by atomic mass is 16.3. The molecular formula is C20H22N2O2. The largest absolute Gasteiger partial charge is 0.394 e. The van der Waals surface area contributed by atoms with Crippen molar-refractivity contribution in [3.05, 3.63) is 71.9 Å². The molecule has 1 amide bonds. The van der Waals surface area contributed by atoms with E-state index in [1.54, 1.807) is 0 Å². The molecule has 4 nitrogen and oxygen atoms in total. The van der Waals surface area contributed by atoms with Gasteiger partial charge in [0.1, 0.15) is 0 Å². The molecule has 0 saturated heterocycles. The van der Waals surface area contributed by atoms with Gasteiger partial charge in [0, 0.05) is 23.5 Å².